The molecule has 0 bridgehead atoms. The van der Waals surface area contributed by atoms with Gasteiger partial charge in [-0.15, -0.1) is 10.2 Å². The zero-order chi connectivity index (χ0) is 13.1. The number of amides is 1. The van der Waals surface area contributed by atoms with Crippen molar-refractivity contribution in [2.24, 2.45) is 0 Å². The number of piperidine rings is 1. The number of morpholine rings is 1. The Kier molecular flexibility index (Phi) is 3.93. The van der Waals surface area contributed by atoms with E-state index in [0.29, 0.717) is 13.2 Å². The summed E-state index contributed by atoms with van der Waals surface area (Å²) in [6.45, 7) is 3.68. The van der Waals surface area contributed by atoms with Crippen molar-refractivity contribution < 1.29 is 9.53 Å². The molecule has 0 spiro atoms. The van der Waals surface area contributed by atoms with Gasteiger partial charge in [-0.1, -0.05) is 11.3 Å². The fourth-order valence-corrected chi connectivity index (χ4v) is 3.19. The molecular weight excluding hydrogens is 264 g/mol. The fourth-order valence-electron chi connectivity index (χ4n) is 2.60. The third-order valence-corrected chi connectivity index (χ3v) is 4.38. The summed E-state index contributed by atoms with van der Waals surface area (Å²) in [5.74, 6) is 0.133. The molecule has 0 saturated carbocycles. The number of likely N-dealkylation sites (tertiary alicyclic amines) is 1. The van der Waals surface area contributed by atoms with Gasteiger partial charge in [0.05, 0.1) is 13.2 Å². The zero-order valence-corrected chi connectivity index (χ0v) is 11.6. The molecule has 3 rings (SSSR count). The van der Waals surface area contributed by atoms with Crippen LogP contribution in [-0.2, 0) is 9.53 Å². The Morgan fingerprint density at radius 1 is 1.32 bits per heavy atom. The van der Waals surface area contributed by atoms with Crippen LogP contribution in [-0.4, -0.2) is 59.9 Å². The van der Waals surface area contributed by atoms with Crippen molar-refractivity contribution in [1.82, 2.24) is 15.1 Å². The van der Waals surface area contributed by atoms with Crippen molar-refractivity contribution in [3.8, 4) is 0 Å². The number of ether oxygens (including phenoxy) is 1. The Morgan fingerprint density at radius 3 is 2.89 bits per heavy atom. The maximum atomic E-state index is 12.4. The highest BCUT2D eigenvalue weighted by Gasteiger charge is 2.31. The molecule has 7 heteroatoms. The van der Waals surface area contributed by atoms with E-state index in [4.69, 9.17) is 4.74 Å². The number of hydrogen-bond donors (Lipinski definition) is 0. The molecule has 0 aliphatic carbocycles. The molecule has 2 aliphatic heterocycles. The average molecular weight is 282 g/mol. The lowest BCUT2D eigenvalue weighted by Crippen LogP contribution is -2.52. The third kappa shape index (κ3) is 2.87. The summed E-state index contributed by atoms with van der Waals surface area (Å²) in [5, 5.41) is 8.78. The molecule has 2 fully saturated rings. The van der Waals surface area contributed by atoms with E-state index in [-0.39, 0.29) is 12.0 Å². The minimum atomic E-state index is -0.351. The van der Waals surface area contributed by atoms with Gasteiger partial charge >= 0.3 is 0 Å². The Morgan fingerprint density at radius 2 is 2.16 bits per heavy atom. The average Bonchev–Trinajstić information content (AvgIpc) is 3.02. The smallest absolute Gasteiger partial charge is 0.253 e. The maximum Gasteiger partial charge on any atom is 0.253 e. The van der Waals surface area contributed by atoms with Gasteiger partial charge in [0.2, 0.25) is 5.13 Å². The molecular formula is C12H18N4O2S. The van der Waals surface area contributed by atoms with E-state index < -0.39 is 0 Å². The number of carbonyl (C=O) groups excluding carboxylic acids is 1. The van der Waals surface area contributed by atoms with E-state index in [9.17, 15) is 4.79 Å². The molecule has 1 unspecified atom stereocenters. The van der Waals surface area contributed by atoms with Crippen LogP contribution in [0, 0.1) is 0 Å². The molecule has 0 N–H and O–H groups in total. The number of carbonyl (C=O) groups is 1. The predicted molar refractivity (Wildman–Crippen MR) is 72.3 cm³/mol. The lowest BCUT2D eigenvalue weighted by Gasteiger charge is -2.35. The van der Waals surface area contributed by atoms with Crippen molar-refractivity contribution in [1.29, 1.82) is 0 Å². The second-order valence-electron chi connectivity index (χ2n) is 4.91. The van der Waals surface area contributed by atoms with E-state index in [0.717, 1.165) is 37.6 Å². The summed E-state index contributed by atoms with van der Waals surface area (Å²) < 4.78 is 5.64. The molecule has 2 aliphatic rings. The Bertz CT molecular complexity index is 419. The van der Waals surface area contributed by atoms with Crippen LogP contribution in [0.5, 0.6) is 0 Å². The van der Waals surface area contributed by atoms with E-state index >= 15 is 0 Å². The van der Waals surface area contributed by atoms with Crippen molar-refractivity contribution >= 4 is 22.4 Å². The second-order valence-corrected chi connectivity index (χ2v) is 5.72. The minimum absolute atomic E-state index is 0.133. The number of rotatable bonds is 2. The largest absolute Gasteiger partial charge is 0.365 e. The quantitative estimate of drug-likeness (QED) is 0.801. The summed E-state index contributed by atoms with van der Waals surface area (Å²) in [4.78, 5) is 16.4. The Hall–Kier alpha value is -1.21. The van der Waals surface area contributed by atoms with Crippen LogP contribution in [0.3, 0.4) is 0 Å². The first-order valence-corrected chi connectivity index (χ1v) is 7.64. The summed E-state index contributed by atoms with van der Waals surface area (Å²) >= 11 is 1.50. The Labute approximate surface area is 116 Å². The second kappa shape index (κ2) is 5.83. The van der Waals surface area contributed by atoms with Gasteiger partial charge < -0.3 is 14.5 Å². The molecule has 0 radical (unpaired) electrons. The van der Waals surface area contributed by atoms with Crippen LogP contribution < -0.4 is 4.90 Å². The van der Waals surface area contributed by atoms with E-state index in [2.05, 4.69) is 15.1 Å². The minimum Gasteiger partial charge on any atom is -0.365 e. The fraction of sp³-hybridized carbons (Fsp3) is 0.750. The molecule has 19 heavy (non-hydrogen) atoms. The Balaban J connectivity index is 1.62. The van der Waals surface area contributed by atoms with Crippen molar-refractivity contribution in [3.63, 3.8) is 0 Å². The zero-order valence-electron chi connectivity index (χ0n) is 10.8. The van der Waals surface area contributed by atoms with Crippen LogP contribution in [0.25, 0.3) is 0 Å². The lowest BCUT2D eigenvalue weighted by molar-refractivity contribution is -0.145. The summed E-state index contributed by atoms with van der Waals surface area (Å²) in [5.41, 5.74) is 1.71. The van der Waals surface area contributed by atoms with Crippen LogP contribution in [0.2, 0.25) is 0 Å². The molecule has 1 aromatic heterocycles. The molecule has 1 atom stereocenters. The predicted octanol–water partition coefficient (Wildman–Crippen LogP) is 0.756. The van der Waals surface area contributed by atoms with Gasteiger partial charge in [-0.3, -0.25) is 4.79 Å². The van der Waals surface area contributed by atoms with Crippen molar-refractivity contribution in [3.05, 3.63) is 5.51 Å². The van der Waals surface area contributed by atoms with Gasteiger partial charge in [0.15, 0.2) is 6.10 Å². The normalized spacial score (nSPS) is 24.5. The SMILES string of the molecule is O=C(C1CN(c2nncs2)CCO1)N1CCCCC1. The summed E-state index contributed by atoms with van der Waals surface area (Å²) in [6, 6.07) is 0. The van der Waals surface area contributed by atoms with Gasteiger partial charge in [-0.05, 0) is 19.3 Å². The third-order valence-electron chi connectivity index (χ3n) is 3.63. The first kappa shape index (κ1) is 12.8. The number of anilines is 1. The van der Waals surface area contributed by atoms with Gasteiger partial charge in [0, 0.05) is 19.6 Å². The van der Waals surface area contributed by atoms with Crippen LogP contribution in [0.4, 0.5) is 5.13 Å². The summed E-state index contributed by atoms with van der Waals surface area (Å²) in [7, 11) is 0. The van der Waals surface area contributed by atoms with Gasteiger partial charge in [-0.25, -0.2) is 0 Å². The summed E-state index contributed by atoms with van der Waals surface area (Å²) in [6.07, 6.45) is 3.10. The first-order chi connectivity index (χ1) is 9.34. The maximum absolute atomic E-state index is 12.4. The number of nitrogens with zero attached hydrogens (tertiary/aromatic N) is 4. The monoisotopic (exact) mass is 282 g/mol. The molecule has 3 heterocycles. The van der Waals surface area contributed by atoms with E-state index in [1.807, 2.05) is 4.90 Å². The highest BCUT2D eigenvalue weighted by molar-refractivity contribution is 7.13. The van der Waals surface area contributed by atoms with Crippen LogP contribution >= 0.6 is 11.3 Å². The standard InChI is InChI=1S/C12H18N4O2S/c17-11(15-4-2-1-3-5-15)10-8-16(6-7-18-10)12-14-13-9-19-12/h9-10H,1-8H2. The lowest BCUT2D eigenvalue weighted by atomic mass is 10.1. The first-order valence-electron chi connectivity index (χ1n) is 6.76. The molecule has 104 valence electrons. The van der Waals surface area contributed by atoms with Crippen molar-refractivity contribution in [2.75, 3.05) is 37.7 Å². The van der Waals surface area contributed by atoms with Gasteiger partial charge in [-0.2, -0.15) is 0 Å². The number of hydrogen-bond acceptors (Lipinski definition) is 6. The van der Waals surface area contributed by atoms with Gasteiger partial charge in [0.1, 0.15) is 5.51 Å². The van der Waals surface area contributed by atoms with E-state index in [1.165, 1.54) is 17.8 Å². The highest BCUT2D eigenvalue weighted by Crippen LogP contribution is 2.20. The topological polar surface area (TPSA) is 58.6 Å². The molecule has 1 amide bonds. The molecule has 0 aromatic carbocycles. The van der Waals surface area contributed by atoms with Crippen LogP contribution in [0.1, 0.15) is 19.3 Å². The molecule has 1 aromatic rings. The highest BCUT2D eigenvalue weighted by atomic mass is 32.1. The van der Waals surface area contributed by atoms with Crippen LogP contribution in [0.15, 0.2) is 5.51 Å². The van der Waals surface area contributed by atoms with E-state index in [1.54, 1.807) is 5.51 Å². The van der Waals surface area contributed by atoms with Crippen molar-refractivity contribution in [2.45, 2.75) is 25.4 Å². The molecule has 6 nitrogen and oxygen atoms in total. The number of aromatic nitrogens is 2. The van der Waals surface area contributed by atoms with Gasteiger partial charge in [0.25, 0.3) is 5.91 Å². The molecule has 2 saturated heterocycles.